The van der Waals surface area contributed by atoms with Gasteiger partial charge in [-0.2, -0.15) is 0 Å². The van der Waals surface area contributed by atoms with Crippen LogP contribution in [0.2, 0.25) is 0 Å². The second-order valence-corrected chi connectivity index (χ2v) is 5.88. The molecule has 0 aliphatic rings. The lowest BCUT2D eigenvalue weighted by Gasteiger charge is -2.08. The Kier molecular flexibility index (Phi) is 3.40. The summed E-state index contributed by atoms with van der Waals surface area (Å²) in [6.07, 6.45) is 0.997. The van der Waals surface area contributed by atoms with Crippen molar-refractivity contribution < 1.29 is 4.42 Å². The Labute approximate surface area is 135 Å². The van der Waals surface area contributed by atoms with Gasteiger partial charge in [-0.15, -0.1) is 0 Å². The quantitative estimate of drug-likeness (QED) is 0.559. The third-order valence-corrected chi connectivity index (χ3v) is 4.41. The third-order valence-electron chi connectivity index (χ3n) is 4.41. The van der Waals surface area contributed by atoms with Gasteiger partial charge < -0.3 is 10.2 Å². The average Bonchev–Trinajstić information content (AvgIpc) is 3.00. The molecule has 0 unspecified atom stereocenters. The lowest BCUT2D eigenvalue weighted by molar-refractivity contribution is 0.670. The Hall–Kier alpha value is -2.58. The molecule has 1 heterocycles. The van der Waals surface area contributed by atoms with Crippen molar-refractivity contribution in [3.05, 3.63) is 71.8 Å². The number of benzene rings is 3. The SMILES string of the molecule is CCc1cc(CN)cc(-c2cccc3c2oc2ccccc23)c1. The van der Waals surface area contributed by atoms with E-state index in [9.17, 15) is 0 Å². The van der Waals surface area contributed by atoms with Gasteiger partial charge in [-0.05, 0) is 35.2 Å². The molecule has 0 aliphatic heterocycles. The number of para-hydroxylation sites is 2. The molecule has 0 saturated carbocycles. The highest BCUT2D eigenvalue weighted by Crippen LogP contribution is 2.36. The molecular weight excluding hydrogens is 282 g/mol. The molecule has 4 aromatic rings. The first-order valence-corrected chi connectivity index (χ1v) is 8.03. The number of furan rings is 1. The number of fused-ring (bicyclic) bond motifs is 3. The first kappa shape index (κ1) is 14.0. The maximum Gasteiger partial charge on any atom is 0.143 e. The minimum atomic E-state index is 0.553. The molecule has 0 saturated heterocycles. The first-order chi connectivity index (χ1) is 11.3. The number of hydrogen-bond donors (Lipinski definition) is 1. The Balaban J connectivity index is 2.02. The van der Waals surface area contributed by atoms with Crippen LogP contribution in [0.15, 0.2) is 65.1 Å². The molecule has 3 aromatic carbocycles. The van der Waals surface area contributed by atoms with E-state index in [1.807, 2.05) is 18.2 Å². The molecule has 2 heteroatoms. The zero-order chi connectivity index (χ0) is 15.8. The standard InChI is InChI=1S/C21H19NO/c1-2-14-10-15(13-22)12-16(11-14)17-7-5-8-19-18-6-3-4-9-20(18)23-21(17)19/h3-12H,2,13,22H2,1H3. The van der Waals surface area contributed by atoms with Crippen LogP contribution in [0.25, 0.3) is 33.1 Å². The van der Waals surface area contributed by atoms with E-state index in [2.05, 4.69) is 49.4 Å². The van der Waals surface area contributed by atoms with Crippen LogP contribution in [0, 0.1) is 0 Å². The lowest BCUT2D eigenvalue weighted by Crippen LogP contribution is -1.98. The van der Waals surface area contributed by atoms with Crippen molar-refractivity contribution in [1.29, 1.82) is 0 Å². The van der Waals surface area contributed by atoms with E-state index in [0.29, 0.717) is 6.54 Å². The summed E-state index contributed by atoms with van der Waals surface area (Å²) in [4.78, 5) is 0. The summed E-state index contributed by atoms with van der Waals surface area (Å²) in [5.74, 6) is 0. The van der Waals surface area contributed by atoms with Crippen LogP contribution in [0.5, 0.6) is 0 Å². The van der Waals surface area contributed by atoms with E-state index in [1.165, 1.54) is 11.1 Å². The summed E-state index contributed by atoms with van der Waals surface area (Å²) in [5, 5.41) is 2.32. The van der Waals surface area contributed by atoms with Crippen LogP contribution in [0.4, 0.5) is 0 Å². The van der Waals surface area contributed by atoms with E-state index < -0.39 is 0 Å². The number of rotatable bonds is 3. The number of nitrogens with two attached hydrogens (primary N) is 1. The largest absolute Gasteiger partial charge is 0.455 e. The summed E-state index contributed by atoms with van der Waals surface area (Å²) >= 11 is 0. The molecule has 0 spiro atoms. The van der Waals surface area contributed by atoms with Gasteiger partial charge in [-0.1, -0.05) is 55.5 Å². The summed E-state index contributed by atoms with van der Waals surface area (Å²) < 4.78 is 6.15. The van der Waals surface area contributed by atoms with Crippen molar-refractivity contribution in [2.24, 2.45) is 5.73 Å². The minimum Gasteiger partial charge on any atom is -0.455 e. The van der Waals surface area contributed by atoms with E-state index in [4.69, 9.17) is 10.2 Å². The van der Waals surface area contributed by atoms with Crippen molar-refractivity contribution in [3.63, 3.8) is 0 Å². The normalized spacial score (nSPS) is 11.4. The molecule has 0 radical (unpaired) electrons. The van der Waals surface area contributed by atoms with Gasteiger partial charge in [0.25, 0.3) is 0 Å². The molecule has 0 atom stereocenters. The molecule has 0 aliphatic carbocycles. The maximum absolute atomic E-state index is 6.15. The molecule has 2 nitrogen and oxygen atoms in total. The summed E-state index contributed by atoms with van der Waals surface area (Å²) in [7, 11) is 0. The van der Waals surface area contributed by atoms with E-state index in [1.54, 1.807) is 0 Å². The average molecular weight is 301 g/mol. The van der Waals surface area contributed by atoms with Gasteiger partial charge in [0, 0.05) is 22.9 Å². The van der Waals surface area contributed by atoms with Gasteiger partial charge in [-0.3, -0.25) is 0 Å². The zero-order valence-electron chi connectivity index (χ0n) is 13.2. The van der Waals surface area contributed by atoms with Gasteiger partial charge in [0.1, 0.15) is 11.2 Å². The fourth-order valence-electron chi connectivity index (χ4n) is 3.21. The topological polar surface area (TPSA) is 39.2 Å². The fourth-order valence-corrected chi connectivity index (χ4v) is 3.21. The highest BCUT2D eigenvalue weighted by Gasteiger charge is 2.12. The zero-order valence-corrected chi connectivity index (χ0v) is 13.2. The molecule has 4 rings (SSSR count). The predicted octanol–water partition coefficient (Wildman–Crippen LogP) is 5.27. The molecule has 23 heavy (non-hydrogen) atoms. The lowest BCUT2D eigenvalue weighted by atomic mass is 9.97. The first-order valence-electron chi connectivity index (χ1n) is 8.03. The molecule has 0 amide bonds. The summed E-state index contributed by atoms with van der Waals surface area (Å²) in [6, 6.07) is 21.1. The van der Waals surface area contributed by atoms with Crippen LogP contribution in [-0.2, 0) is 13.0 Å². The smallest absolute Gasteiger partial charge is 0.143 e. The van der Waals surface area contributed by atoms with Crippen molar-refractivity contribution in [1.82, 2.24) is 0 Å². The van der Waals surface area contributed by atoms with Crippen molar-refractivity contribution in [2.45, 2.75) is 19.9 Å². The molecular formula is C21H19NO. The van der Waals surface area contributed by atoms with Gasteiger partial charge in [0.15, 0.2) is 0 Å². The molecule has 2 N–H and O–H groups in total. The Bertz CT molecular complexity index is 975. The fraction of sp³-hybridized carbons (Fsp3) is 0.143. The third kappa shape index (κ3) is 2.32. The number of aryl methyl sites for hydroxylation is 1. The summed E-state index contributed by atoms with van der Waals surface area (Å²) in [6.45, 7) is 2.72. The molecule has 1 aromatic heterocycles. The minimum absolute atomic E-state index is 0.553. The van der Waals surface area contributed by atoms with Crippen LogP contribution >= 0.6 is 0 Å². The molecule has 114 valence electrons. The van der Waals surface area contributed by atoms with Gasteiger partial charge in [0.2, 0.25) is 0 Å². The molecule has 0 fully saturated rings. The highest BCUT2D eigenvalue weighted by molar-refractivity contribution is 6.09. The second-order valence-electron chi connectivity index (χ2n) is 5.88. The Morgan fingerprint density at radius 1 is 0.870 bits per heavy atom. The molecule has 0 bridgehead atoms. The highest BCUT2D eigenvalue weighted by atomic mass is 16.3. The predicted molar refractivity (Wildman–Crippen MR) is 96.4 cm³/mol. The maximum atomic E-state index is 6.15. The Morgan fingerprint density at radius 2 is 1.65 bits per heavy atom. The van der Waals surface area contributed by atoms with Crippen LogP contribution < -0.4 is 5.73 Å². The van der Waals surface area contributed by atoms with E-state index in [-0.39, 0.29) is 0 Å². The van der Waals surface area contributed by atoms with Crippen LogP contribution in [-0.4, -0.2) is 0 Å². The Morgan fingerprint density at radius 3 is 2.48 bits per heavy atom. The van der Waals surface area contributed by atoms with Crippen LogP contribution in [0.1, 0.15) is 18.1 Å². The number of hydrogen-bond acceptors (Lipinski definition) is 2. The van der Waals surface area contributed by atoms with Crippen molar-refractivity contribution in [3.8, 4) is 11.1 Å². The van der Waals surface area contributed by atoms with Gasteiger partial charge >= 0.3 is 0 Å². The van der Waals surface area contributed by atoms with Crippen molar-refractivity contribution >= 4 is 21.9 Å². The van der Waals surface area contributed by atoms with Crippen molar-refractivity contribution in [2.75, 3.05) is 0 Å². The second kappa shape index (κ2) is 5.56. The van der Waals surface area contributed by atoms with Gasteiger partial charge in [0.05, 0.1) is 0 Å². The van der Waals surface area contributed by atoms with E-state index >= 15 is 0 Å². The monoisotopic (exact) mass is 301 g/mol. The van der Waals surface area contributed by atoms with E-state index in [0.717, 1.165) is 39.5 Å². The van der Waals surface area contributed by atoms with Crippen LogP contribution in [0.3, 0.4) is 0 Å². The summed E-state index contributed by atoms with van der Waals surface area (Å²) in [5.41, 5.74) is 12.5. The van der Waals surface area contributed by atoms with Gasteiger partial charge in [-0.25, -0.2) is 0 Å².